The van der Waals surface area contributed by atoms with Gasteiger partial charge in [-0.05, 0) is 60.2 Å². The maximum atomic E-state index is 12.2. The number of phenols is 1. The van der Waals surface area contributed by atoms with Crippen LogP contribution in [0.25, 0.3) is 11.1 Å². The van der Waals surface area contributed by atoms with E-state index < -0.39 is 23.9 Å². The van der Waals surface area contributed by atoms with Crippen LogP contribution >= 0.6 is 11.6 Å². The van der Waals surface area contributed by atoms with Gasteiger partial charge in [0.1, 0.15) is 5.75 Å². The number of aromatic hydroxyl groups is 1. The molecule has 3 rings (SSSR count). The van der Waals surface area contributed by atoms with Gasteiger partial charge in [-0.1, -0.05) is 60.1 Å². The molecule has 0 aromatic heterocycles. The number of rotatable bonds is 10. The highest BCUT2D eigenvalue weighted by Crippen LogP contribution is 2.23. The summed E-state index contributed by atoms with van der Waals surface area (Å²) in [5.41, 5.74) is 3.19. The van der Waals surface area contributed by atoms with E-state index in [4.69, 9.17) is 11.6 Å². The van der Waals surface area contributed by atoms with E-state index in [-0.39, 0.29) is 30.7 Å². The Balaban J connectivity index is 1.51. The number of hydrogen-bond acceptors (Lipinski definition) is 4. The van der Waals surface area contributed by atoms with Crippen LogP contribution in [0, 0.1) is 5.92 Å². The Morgan fingerprint density at radius 2 is 1.48 bits per heavy atom. The molecule has 0 spiro atoms. The maximum Gasteiger partial charge on any atom is 0.309 e. The molecule has 172 valence electrons. The molecule has 0 saturated carbocycles. The average molecular weight is 468 g/mol. The minimum Gasteiger partial charge on any atom is -0.507 e. The van der Waals surface area contributed by atoms with E-state index >= 15 is 0 Å². The second-order valence-corrected chi connectivity index (χ2v) is 8.25. The van der Waals surface area contributed by atoms with Gasteiger partial charge in [0.05, 0.1) is 17.6 Å². The number of aryl methyl sites for hydroxylation is 1. The van der Waals surface area contributed by atoms with Crippen molar-refractivity contribution in [2.45, 2.75) is 25.4 Å². The summed E-state index contributed by atoms with van der Waals surface area (Å²) in [4.78, 5) is 23.8. The largest absolute Gasteiger partial charge is 0.507 e. The summed E-state index contributed by atoms with van der Waals surface area (Å²) in [6.45, 7) is 0.0665. The SMILES string of the molecule is O=C(NCCC(C(=O)O)C(O)CCc1ccc(-c2ccc(Cl)cc2)cc1)c1ccccc1O. The summed E-state index contributed by atoms with van der Waals surface area (Å²) in [6.07, 6.45) is -0.174. The number of halogens is 1. The molecule has 4 N–H and O–H groups in total. The van der Waals surface area contributed by atoms with Crippen LogP contribution in [0.3, 0.4) is 0 Å². The number of para-hydroxylation sites is 1. The molecular weight excluding hydrogens is 442 g/mol. The molecule has 1 amide bonds. The number of carbonyl (C=O) groups is 2. The Labute approximate surface area is 197 Å². The molecule has 0 heterocycles. The molecule has 2 atom stereocenters. The van der Waals surface area contributed by atoms with Crippen molar-refractivity contribution in [3.63, 3.8) is 0 Å². The van der Waals surface area contributed by atoms with Crippen LogP contribution in [0.4, 0.5) is 0 Å². The molecule has 0 saturated heterocycles. The standard InChI is InChI=1S/C26H26ClNO5/c27-20-12-10-19(11-13-20)18-8-5-17(6-9-18)7-14-24(30)22(26(32)33)15-16-28-25(31)21-3-1-2-4-23(21)29/h1-6,8-13,22,24,29-30H,7,14-16H2,(H,28,31)(H,32,33). The van der Waals surface area contributed by atoms with Crippen molar-refractivity contribution >= 4 is 23.5 Å². The summed E-state index contributed by atoms with van der Waals surface area (Å²) in [7, 11) is 0. The number of amides is 1. The lowest BCUT2D eigenvalue weighted by molar-refractivity contribution is -0.146. The number of carboxylic acids is 1. The quantitative estimate of drug-likeness (QED) is 0.350. The van der Waals surface area contributed by atoms with Crippen LogP contribution in [0.1, 0.15) is 28.8 Å². The van der Waals surface area contributed by atoms with E-state index in [1.54, 1.807) is 12.1 Å². The first-order chi connectivity index (χ1) is 15.8. The van der Waals surface area contributed by atoms with Gasteiger partial charge in [0, 0.05) is 11.6 Å². The molecule has 6 nitrogen and oxygen atoms in total. The lowest BCUT2D eigenvalue weighted by atomic mass is 9.93. The van der Waals surface area contributed by atoms with Gasteiger partial charge in [0.25, 0.3) is 5.91 Å². The van der Waals surface area contributed by atoms with Gasteiger partial charge in [0.2, 0.25) is 0 Å². The van der Waals surface area contributed by atoms with E-state index in [2.05, 4.69) is 5.32 Å². The normalized spacial score (nSPS) is 12.7. The molecule has 0 radical (unpaired) electrons. The van der Waals surface area contributed by atoms with Gasteiger partial charge in [-0.15, -0.1) is 0 Å². The Morgan fingerprint density at radius 3 is 2.09 bits per heavy atom. The molecule has 0 aliphatic heterocycles. The van der Waals surface area contributed by atoms with Crippen LogP contribution < -0.4 is 5.32 Å². The summed E-state index contributed by atoms with van der Waals surface area (Å²) in [5, 5.41) is 33.0. The fourth-order valence-electron chi connectivity index (χ4n) is 3.60. The van der Waals surface area contributed by atoms with E-state index in [1.165, 1.54) is 12.1 Å². The summed E-state index contributed by atoms with van der Waals surface area (Å²) in [6, 6.07) is 21.5. The Bertz CT molecular complexity index is 1080. The van der Waals surface area contributed by atoms with Crippen LogP contribution in [-0.2, 0) is 11.2 Å². The number of aliphatic hydroxyl groups is 1. The third-order valence-electron chi connectivity index (χ3n) is 5.53. The Hall–Kier alpha value is -3.35. The average Bonchev–Trinajstić information content (AvgIpc) is 2.81. The van der Waals surface area contributed by atoms with Gasteiger partial charge < -0.3 is 20.6 Å². The van der Waals surface area contributed by atoms with Gasteiger partial charge in [-0.2, -0.15) is 0 Å². The van der Waals surface area contributed by atoms with Crippen molar-refractivity contribution < 1.29 is 24.9 Å². The van der Waals surface area contributed by atoms with Crippen molar-refractivity contribution in [2.24, 2.45) is 5.92 Å². The Morgan fingerprint density at radius 1 is 0.879 bits per heavy atom. The molecule has 3 aromatic rings. The molecule has 3 aromatic carbocycles. The zero-order valence-corrected chi connectivity index (χ0v) is 18.7. The number of benzene rings is 3. The number of hydrogen-bond donors (Lipinski definition) is 4. The molecular formula is C26H26ClNO5. The van der Waals surface area contributed by atoms with Gasteiger partial charge >= 0.3 is 5.97 Å². The highest BCUT2D eigenvalue weighted by Gasteiger charge is 2.26. The molecule has 0 fully saturated rings. The lowest BCUT2D eigenvalue weighted by Crippen LogP contribution is -2.33. The number of phenolic OH excluding ortho intramolecular Hbond substituents is 1. The van der Waals surface area contributed by atoms with Crippen LogP contribution in [-0.4, -0.2) is 39.8 Å². The number of aliphatic carboxylic acids is 1. The summed E-state index contributed by atoms with van der Waals surface area (Å²) < 4.78 is 0. The first-order valence-corrected chi connectivity index (χ1v) is 11.0. The molecule has 33 heavy (non-hydrogen) atoms. The van der Waals surface area contributed by atoms with E-state index in [9.17, 15) is 24.9 Å². The number of nitrogens with one attached hydrogen (secondary N) is 1. The van der Waals surface area contributed by atoms with Gasteiger partial charge in [-0.3, -0.25) is 9.59 Å². The molecule has 0 aliphatic rings. The van der Waals surface area contributed by atoms with Crippen molar-refractivity contribution in [3.8, 4) is 16.9 Å². The highest BCUT2D eigenvalue weighted by molar-refractivity contribution is 6.30. The lowest BCUT2D eigenvalue weighted by Gasteiger charge is -2.19. The topological polar surface area (TPSA) is 107 Å². The molecule has 0 aliphatic carbocycles. The fraction of sp³-hybridized carbons (Fsp3) is 0.231. The van der Waals surface area contributed by atoms with Crippen molar-refractivity contribution in [1.29, 1.82) is 0 Å². The summed E-state index contributed by atoms with van der Waals surface area (Å²) >= 11 is 5.93. The van der Waals surface area contributed by atoms with E-state index in [1.807, 2.05) is 48.5 Å². The van der Waals surface area contributed by atoms with E-state index in [0.29, 0.717) is 11.4 Å². The van der Waals surface area contributed by atoms with Crippen LogP contribution in [0.2, 0.25) is 5.02 Å². The summed E-state index contributed by atoms with van der Waals surface area (Å²) in [5.74, 6) is -2.76. The zero-order valence-electron chi connectivity index (χ0n) is 17.9. The molecule has 2 unspecified atom stereocenters. The first kappa shape index (κ1) is 24.3. The molecule has 0 bridgehead atoms. The van der Waals surface area contributed by atoms with Crippen molar-refractivity contribution in [3.05, 3.63) is 88.9 Å². The Kier molecular flexibility index (Phi) is 8.46. The predicted octanol–water partition coefficient (Wildman–Crippen LogP) is 4.53. The second-order valence-electron chi connectivity index (χ2n) is 7.82. The monoisotopic (exact) mass is 467 g/mol. The second kappa shape index (κ2) is 11.5. The maximum absolute atomic E-state index is 12.2. The minimum absolute atomic E-state index is 0.0665. The van der Waals surface area contributed by atoms with Gasteiger partial charge in [-0.25, -0.2) is 0 Å². The first-order valence-electron chi connectivity index (χ1n) is 10.7. The van der Waals surface area contributed by atoms with Crippen LogP contribution in [0.15, 0.2) is 72.8 Å². The molecule has 7 heteroatoms. The van der Waals surface area contributed by atoms with Crippen molar-refractivity contribution in [2.75, 3.05) is 6.54 Å². The zero-order chi connectivity index (χ0) is 23.8. The third kappa shape index (κ3) is 6.81. The number of aliphatic hydroxyl groups excluding tert-OH is 1. The van der Waals surface area contributed by atoms with Gasteiger partial charge in [0.15, 0.2) is 0 Å². The van der Waals surface area contributed by atoms with E-state index in [0.717, 1.165) is 16.7 Å². The van der Waals surface area contributed by atoms with Crippen molar-refractivity contribution in [1.82, 2.24) is 5.32 Å². The predicted molar refractivity (Wildman–Crippen MR) is 127 cm³/mol. The third-order valence-corrected chi connectivity index (χ3v) is 5.78. The number of carbonyl (C=O) groups excluding carboxylic acids is 1. The fourth-order valence-corrected chi connectivity index (χ4v) is 3.73. The smallest absolute Gasteiger partial charge is 0.309 e. The highest BCUT2D eigenvalue weighted by atomic mass is 35.5. The minimum atomic E-state index is -1.11. The number of carboxylic acid groups (broad SMARTS) is 1. The van der Waals surface area contributed by atoms with Crippen LogP contribution in [0.5, 0.6) is 5.75 Å².